The van der Waals surface area contributed by atoms with E-state index in [-0.39, 0.29) is 11.7 Å². The van der Waals surface area contributed by atoms with Gasteiger partial charge in [0, 0.05) is 16.1 Å². The molecule has 1 atom stereocenters. The highest BCUT2D eigenvalue weighted by molar-refractivity contribution is 6.31. The van der Waals surface area contributed by atoms with Gasteiger partial charge in [-0.1, -0.05) is 54.1 Å². The molecular weight excluding hydrogens is 386 g/mol. The zero-order valence-corrected chi connectivity index (χ0v) is 17.3. The molecule has 0 fully saturated rings. The summed E-state index contributed by atoms with van der Waals surface area (Å²) in [7, 11) is 0. The molecule has 29 heavy (non-hydrogen) atoms. The molecule has 0 saturated carbocycles. The zero-order valence-electron chi connectivity index (χ0n) is 16.5. The van der Waals surface area contributed by atoms with Gasteiger partial charge in [0.05, 0.1) is 5.69 Å². The van der Waals surface area contributed by atoms with E-state index in [2.05, 4.69) is 5.32 Å². The second-order valence-corrected chi connectivity index (χ2v) is 7.34. The van der Waals surface area contributed by atoms with Crippen LogP contribution in [0.5, 0.6) is 5.75 Å². The smallest absolute Gasteiger partial charge is 0.265 e. The van der Waals surface area contributed by atoms with E-state index in [1.54, 1.807) is 49.4 Å². The number of aryl methyl sites for hydroxylation is 2. The van der Waals surface area contributed by atoms with Gasteiger partial charge in [-0.3, -0.25) is 9.59 Å². The minimum Gasteiger partial charge on any atom is -0.481 e. The second kappa shape index (κ2) is 8.93. The fraction of sp³-hybridized carbons (Fsp3) is 0.167. The number of anilines is 1. The molecule has 0 aliphatic carbocycles. The maximum Gasteiger partial charge on any atom is 0.265 e. The van der Waals surface area contributed by atoms with Crippen LogP contribution >= 0.6 is 11.6 Å². The van der Waals surface area contributed by atoms with Gasteiger partial charge in [-0.2, -0.15) is 0 Å². The van der Waals surface area contributed by atoms with Crippen LogP contribution in [0.15, 0.2) is 66.7 Å². The third-order valence-electron chi connectivity index (χ3n) is 4.54. The van der Waals surface area contributed by atoms with Crippen molar-refractivity contribution in [3.8, 4) is 5.75 Å². The number of benzene rings is 3. The molecule has 3 rings (SSSR count). The van der Waals surface area contributed by atoms with E-state index in [1.807, 2.05) is 38.1 Å². The van der Waals surface area contributed by atoms with Crippen molar-refractivity contribution >= 4 is 29.0 Å². The first-order valence-electron chi connectivity index (χ1n) is 9.29. The molecule has 0 heterocycles. The fourth-order valence-corrected chi connectivity index (χ4v) is 3.04. The largest absolute Gasteiger partial charge is 0.481 e. The number of halogens is 1. The topological polar surface area (TPSA) is 55.4 Å². The SMILES string of the molecule is Cc1ccc(C)c(O[C@H](C)C(=O)Nc2ccc(Cl)cc2C(=O)c2ccccc2)c1. The predicted octanol–water partition coefficient (Wildman–Crippen LogP) is 5.59. The van der Waals surface area contributed by atoms with E-state index in [1.165, 1.54) is 0 Å². The van der Waals surface area contributed by atoms with Crippen LogP contribution in [-0.4, -0.2) is 17.8 Å². The number of hydrogen-bond donors (Lipinski definition) is 1. The summed E-state index contributed by atoms with van der Waals surface area (Å²) in [5.41, 5.74) is 3.24. The first kappa shape index (κ1) is 20.6. The predicted molar refractivity (Wildman–Crippen MR) is 116 cm³/mol. The highest BCUT2D eigenvalue weighted by Crippen LogP contribution is 2.25. The van der Waals surface area contributed by atoms with Gasteiger partial charge in [0.15, 0.2) is 11.9 Å². The number of rotatable bonds is 6. The molecule has 0 saturated heterocycles. The molecule has 1 N–H and O–H groups in total. The molecule has 3 aromatic rings. The molecule has 3 aromatic carbocycles. The van der Waals surface area contributed by atoms with Crippen molar-refractivity contribution in [3.63, 3.8) is 0 Å². The van der Waals surface area contributed by atoms with Gasteiger partial charge in [0.2, 0.25) is 0 Å². The van der Waals surface area contributed by atoms with Gasteiger partial charge in [-0.05, 0) is 56.2 Å². The van der Waals surface area contributed by atoms with Crippen LogP contribution in [0.3, 0.4) is 0 Å². The van der Waals surface area contributed by atoms with Crippen molar-refractivity contribution in [1.82, 2.24) is 0 Å². The normalized spacial score (nSPS) is 11.6. The highest BCUT2D eigenvalue weighted by atomic mass is 35.5. The third kappa shape index (κ3) is 5.04. The van der Waals surface area contributed by atoms with Crippen molar-refractivity contribution in [2.45, 2.75) is 26.9 Å². The first-order valence-corrected chi connectivity index (χ1v) is 9.67. The summed E-state index contributed by atoms with van der Waals surface area (Å²) in [4.78, 5) is 25.6. The van der Waals surface area contributed by atoms with E-state index in [0.29, 0.717) is 27.6 Å². The maximum absolute atomic E-state index is 12.9. The lowest BCUT2D eigenvalue weighted by molar-refractivity contribution is -0.122. The van der Waals surface area contributed by atoms with Crippen molar-refractivity contribution in [1.29, 1.82) is 0 Å². The van der Waals surface area contributed by atoms with Gasteiger partial charge < -0.3 is 10.1 Å². The molecule has 0 unspecified atom stereocenters. The van der Waals surface area contributed by atoms with Crippen LogP contribution in [0, 0.1) is 13.8 Å². The Morgan fingerprint density at radius 2 is 1.69 bits per heavy atom. The number of ketones is 1. The average molecular weight is 408 g/mol. The summed E-state index contributed by atoms with van der Waals surface area (Å²) in [6.07, 6.45) is -0.745. The van der Waals surface area contributed by atoms with Crippen molar-refractivity contribution < 1.29 is 14.3 Å². The Hall–Kier alpha value is -3.11. The summed E-state index contributed by atoms with van der Waals surface area (Å²) in [5.74, 6) is 0.0891. The van der Waals surface area contributed by atoms with Gasteiger partial charge >= 0.3 is 0 Å². The zero-order chi connectivity index (χ0) is 21.0. The Morgan fingerprint density at radius 1 is 0.966 bits per heavy atom. The molecule has 4 nitrogen and oxygen atoms in total. The molecule has 0 aromatic heterocycles. The van der Waals surface area contributed by atoms with Crippen LogP contribution in [0.2, 0.25) is 5.02 Å². The Kier molecular flexibility index (Phi) is 6.35. The van der Waals surface area contributed by atoms with Crippen LogP contribution < -0.4 is 10.1 Å². The van der Waals surface area contributed by atoms with Crippen LogP contribution in [-0.2, 0) is 4.79 Å². The molecule has 0 spiro atoms. The monoisotopic (exact) mass is 407 g/mol. The number of nitrogens with one attached hydrogen (secondary N) is 1. The summed E-state index contributed by atoms with van der Waals surface area (Å²) >= 11 is 6.10. The molecular formula is C24H22ClNO3. The summed E-state index contributed by atoms with van der Waals surface area (Å²) < 4.78 is 5.85. The second-order valence-electron chi connectivity index (χ2n) is 6.90. The van der Waals surface area contributed by atoms with E-state index >= 15 is 0 Å². The quantitative estimate of drug-likeness (QED) is 0.541. The summed E-state index contributed by atoms with van der Waals surface area (Å²) in [5, 5.41) is 3.22. The lowest BCUT2D eigenvalue weighted by Crippen LogP contribution is -2.31. The molecule has 1 amide bonds. The number of ether oxygens (including phenoxy) is 1. The Labute approximate surface area is 175 Å². The van der Waals surface area contributed by atoms with E-state index in [9.17, 15) is 9.59 Å². The van der Waals surface area contributed by atoms with Crippen LogP contribution in [0.1, 0.15) is 34.0 Å². The van der Waals surface area contributed by atoms with E-state index in [0.717, 1.165) is 11.1 Å². The van der Waals surface area contributed by atoms with Crippen LogP contribution in [0.25, 0.3) is 0 Å². The maximum atomic E-state index is 12.9. The van der Waals surface area contributed by atoms with Gasteiger partial charge in [0.25, 0.3) is 5.91 Å². The standard InChI is InChI=1S/C24H22ClNO3/c1-15-9-10-16(2)22(13-15)29-17(3)24(28)26-21-12-11-19(25)14-20(21)23(27)18-7-5-4-6-8-18/h4-14,17H,1-3H3,(H,26,28)/t17-/m1/s1. The lowest BCUT2D eigenvalue weighted by atomic mass is 10.0. The van der Waals surface area contributed by atoms with Gasteiger partial charge in [-0.25, -0.2) is 0 Å². The Bertz CT molecular complexity index is 1050. The minimum atomic E-state index is -0.745. The van der Waals surface area contributed by atoms with Crippen molar-refractivity contribution in [2.75, 3.05) is 5.32 Å². The molecule has 0 bridgehead atoms. The number of carbonyl (C=O) groups excluding carboxylic acids is 2. The van der Waals surface area contributed by atoms with E-state index in [4.69, 9.17) is 16.3 Å². The summed E-state index contributed by atoms with van der Waals surface area (Å²) in [6, 6.07) is 19.5. The van der Waals surface area contributed by atoms with Gasteiger partial charge in [-0.15, -0.1) is 0 Å². The minimum absolute atomic E-state index is 0.216. The molecule has 0 aliphatic heterocycles. The first-order chi connectivity index (χ1) is 13.8. The number of hydrogen-bond acceptors (Lipinski definition) is 3. The lowest BCUT2D eigenvalue weighted by Gasteiger charge is -2.18. The molecule has 5 heteroatoms. The van der Waals surface area contributed by atoms with E-state index < -0.39 is 6.10 Å². The number of carbonyl (C=O) groups is 2. The molecule has 0 radical (unpaired) electrons. The van der Waals surface area contributed by atoms with Crippen molar-refractivity contribution in [2.24, 2.45) is 0 Å². The average Bonchev–Trinajstić information content (AvgIpc) is 2.72. The molecule has 148 valence electrons. The summed E-state index contributed by atoms with van der Waals surface area (Å²) in [6.45, 7) is 5.56. The fourth-order valence-electron chi connectivity index (χ4n) is 2.87. The third-order valence-corrected chi connectivity index (χ3v) is 4.77. The van der Waals surface area contributed by atoms with Crippen LogP contribution in [0.4, 0.5) is 5.69 Å². The Balaban J connectivity index is 1.81. The number of amides is 1. The molecule has 0 aliphatic rings. The van der Waals surface area contributed by atoms with Gasteiger partial charge in [0.1, 0.15) is 5.75 Å². The van der Waals surface area contributed by atoms with Crippen molar-refractivity contribution in [3.05, 3.63) is 94.0 Å². The highest BCUT2D eigenvalue weighted by Gasteiger charge is 2.20. The Morgan fingerprint density at radius 3 is 2.41 bits per heavy atom.